The molecule has 1 aromatic heterocycles. The highest BCUT2D eigenvalue weighted by Gasteiger charge is 2.51. The van der Waals surface area contributed by atoms with Crippen molar-refractivity contribution in [2.24, 2.45) is 17.8 Å². The van der Waals surface area contributed by atoms with Gasteiger partial charge in [0.25, 0.3) is 0 Å². The SMILES string of the molecule is O=C(CSc1nnnn1-c1ccc(Cl)cc1)NC12CC3CC(CC(C3)C1)C2. The fraction of sp³-hybridized carbons (Fsp3) is 0.579. The number of benzene rings is 1. The first kappa shape index (κ1) is 17.5. The summed E-state index contributed by atoms with van der Waals surface area (Å²) in [4.78, 5) is 12.7. The Balaban J connectivity index is 1.23. The maximum absolute atomic E-state index is 12.7. The third-order valence-corrected chi connectivity index (χ3v) is 7.46. The Morgan fingerprint density at radius 1 is 1.15 bits per heavy atom. The summed E-state index contributed by atoms with van der Waals surface area (Å²) in [5.41, 5.74) is 0.877. The van der Waals surface area contributed by atoms with E-state index in [2.05, 4.69) is 20.8 Å². The molecule has 4 fully saturated rings. The van der Waals surface area contributed by atoms with E-state index in [0.717, 1.165) is 23.4 Å². The predicted molar refractivity (Wildman–Crippen MR) is 104 cm³/mol. The molecule has 4 saturated carbocycles. The van der Waals surface area contributed by atoms with Gasteiger partial charge in [-0.15, -0.1) is 5.10 Å². The Kier molecular flexibility index (Phi) is 4.39. The minimum Gasteiger partial charge on any atom is -0.350 e. The van der Waals surface area contributed by atoms with E-state index < -0.39 is 0 Å². The van der Waals surface area contributed by atoms with Crippen molar-refractivity contribution in [3.63, 3.8) is 0 Å². The van der Waals surface area contributed by atoms with Gasteiger partial charge in [0.2, 0.25) is 11.1 Å². The zero-order valence-electron chi connectivity index (χ0n) is 15.0. The van der Waals surface area contributed by atoms with Crippen molar-refractivity contribution in [3.8, 4) is 5.69 Å². The Morgan fingerprint density at radius 3 is 2.41 bits per heavy atom. The average molecular weight is 404 g/mol. The van der Waals surface area contributed by atoms with Crippen LogP contribution in [0.3, 0.4) is 0 Å². The van der Waals surface area contributed by atoms with Crippen LogP contribution in [0, 0.1) is 17.8 Å². The third kappa shape index (κ3) is 3.47. The second-order valence-electron chi connectivity index (χ2n) is 8.38. The maximum Gasteiger partial charge on any atom is 0.230 e. The number of carbonyl (C=O) groups excluding carboxylic acids is 1. The number of rotatable bonds is 5. The summed E-state index contributed by atoms with van der Waals surface area (Å²) < 4.78 is 1.64. The van der Waals surface area contributed by atoms with Crippen LogP contribution >= 0.6 is 23.4 Å². The zero-order chi connectivity index (χ0) is 18.4. The topological polar surface area (TPSA) is 72.7 Å². The predicted octanol–water partition coefficient (Wildman–Crippen LogP) is 3.49. The van der Waals surface area contributed by atoms with E-state index in [1.807, 2.05) is 12.1 Å². The first-order valence-corrected chi connectivity index (χ1v) is 10.9. The standard InChI is InChI=1S/C19H22ClN5OS/c20-15-1-3-16(4-2-15)25-18(22-23-24-25)27-11-17(26)21-19-8-12-5-13(9-19)7-14(6-12)10-19/h1-4,12-14H,5-11H2,(H,21,26). The summed E-state index contributed by atoms with van der Waals surface area (Å²) in [6, 6.07) is 7.32. The molecule has 6 nitrogen and oxygen atoms in total. The molecule has 0 unspecified atom stereocenters. The minimum absolute atomic E-state index is 0.0501. The smallest absolute Gasteiger partial charge is 0.230 e. The lowest BCUT2D eigenvalue weighted by Gasteiger charge is -2.56. The number of halogens is 1. The lowest BCUT2D eigenvalue weighted by Crippen LogP contribution is -2.60. The number of amides is 1. The lowest BCUT2D eigenvalue weighted by molar-refractivity contribution is -0.124. The molecule has 6 rings (SSSR count). The van der Waals surface area contributed by atoms with Gasteiger partial charge in [0.15, 0.2) is 0 Å². The van der Waals surface area contributed by atoms with Gasteiger partial charge in [0, 0.05) is 10.6 Å². The van der Waals surface area contributed by atoms with E-state index >= 15 is 0 Å². The number of aromatic nitrogens is 4. The van der Waals surface area contributed by atoms with E-state index in [1.54, 1.807) is 16.8 Å². The van der Waals surface area contributed by atoms with Gasteiger partial charge in [0.05, 0.1) is 11.4 Å². The van der Waals surface area contributed by atoms with Crippen LogP contribution in [0.5, 0.6) is 0 Å². The summed E-state index contributed by atoms with van der Waals surface area (Å²) in [6.45, 7) is 0. The summed E-state index contributed by atoms with van der Waals surface area (Å²) in [5, 5.41) is 16.5. The molecule has 1 heterocycles. The van der Waals surface area contributed by atoms with Crippen molar-refractivity contribution in [3.05, 3.63) is 29.3 Å². The normalized spacial score (nSPS) is 31.2. The van der Waals surface area contributed by atoms with E-state index in [9.17, 15) is 4.79 Å². The number of hydrogen-bond acceptors (Lipinski definition) is 5. The van der Waals surface area contributed by atoms with E-state index in [0.29, 0.717) is 15.9 Å². The minimum atomic E-state index is 0.0501. The quantitative estimate of drug-likeness (QED) is 0.773. The highest BCUT2D eigenvalue weighted by Crippen LogP contribution is 2.55. The Bertz CT molecular complexity index is 817. The van der Waals surface area contributed by atoms with Gasteiger partial charge < -0.3 is 5.32 Å². The monoisotopic (exact) mass is 403 g/mol. The average Bonchev–Trinajstić information content (AvgIpc) is 3.07. The molecule has 27 heavy (non-hydrogen) atoms. The molecule has 1 amide bonds. The van der Waals surface area contributed by atoms with Crippen LogP contribution < -0.4 is 5.32 Å². The van der Waals surface area contributed by atoms with Crippen LogP contribution in [0.4, 0.5) is 0 Å². The molecule has 0 saturated heterocycles. The van der Waals surface area contributed by atoms with Crippen molar-refractivity contribution in [2.75, 3.05) is 5.75 Å². The van der Waals surface area contributed by atoms with Crippen LogP contribution in [0.2, 0.25) is 5.02 Å². The molecule has 1 N–H and O–H groups in total. The first-order chi connectivity index (χ1) is 13.1. The van der Waals surface area contributed by atoms with Gasteiger partial charge in [-0.25, -0.2) is 0 Å². The van der Waals surface area contributed by atoms with Gasteiger partial charge in [-0.05, 0) is 91.0 Å². The van der Waals surface area contributed by atoms with Crippen LogP contribution in [-0.4, -0.2) is 37.4 Å². The second-order valence-corrected chi connectivity index (χ2v) is 9.76. The van der Waals surface area contributed by atoms with Gasteiger partial charge in [-0.1, -0.05) is 23.4 Å². The molecule has 1 aromatic carbocycles. The summed E-state index contributed by atoms with van der Waals surface area (Å²) in [5.74, 6) is 2.88. The summed E-state index contributed by atoms with van der Waals surface area (Å²) in [7, 11) is 0. The van der Waals surface area contributed by atoms with Crippen LogP contribution in [0.1, 0.15) is 38.5 Å². The molecular weight excluding hydrogens is 382 g/mol. The summed E-state index contributed by atoms with van der Waals surface area (Å²) in [6.07, 6.45) is 7.62. The molecular formula is C19H22ClN5OS. The number of carbonyl (C=O) groups is 1. The third-order valence-electron chi connectivity index (χ3n) is 6.29. The molecule has 0 spiro atoms. The Labute approximate surface area is 167 Å². The molecule has 2 aromatic rings. The molecule has 4 aliphatic carbocycles. The van der Waals surface area contributed by atoms with Crippen LogP contribution in [0.25, 0.3) is 5.69 Å². The fourth-order valence-electron chi connectivity index (χ4n) is 5.74. The van der Waals surface area contributed by atoms with Crippen molar-refractivity contribution < 1.29 is 4.79 Å². The van der Waals surface area contributed by atoms with Crippen molar-refractivity contribution in [1.82, 2.24) is 25.5 Å². The molecule has 8 heteroatoms. The van der Waals surface area contributed by atoms with Gasteiger partial charge in [-0.3, -0.25) is 4.79 Å². The number of nitrogens with one attached hydrogen (secondary N) is 1. The number of nitrogens with zero attached hydrogens (tertiary/aromatic N) is 4. The van der Waals surface area contributed by atoms with Crippen molar-refractivity contribution >= 4 is 29.3 Å². The van der Waals surface area contributed by atoms with Crippen LogP contribution in [0.15, 0.2) is 29.4 Å². The van der Waals surface area contributed by atoms with E-state index in [4.69, 9.17) is 11.6 Å². The number of thioether (sulfide) groups is 1. The molecule has 4 aliphatic rings. The highest BCUT2D eigenvalue weighted by atomic mass is 35.5. The number of hydrogen-bond donors (Lipinski definition) is 1. The van der Waals surface area contributed by atoms with Crippen molar-refractivity contribution in [2.45, 2.75) is 49.2 Å². The second kappa shape index (κ2) is 6.78. The Hall–Kier alpha value is -1.60. The zero-order valence-corrected chi connectivity index (χ0v) is 16.5. The van der Waals surface area contributed by atoms with Gasteiger partial charge in [-0.2, -0.15) is 4.68 Å². The fourth-order valence-corrected chi connectivity index (χ4v) is 6.56. The van der Waals surface area contributed by atoms with E-state index in [-0.39, 0.29) is 11.4 Å². The Morgan fingerprint density at radius 2 is 1.78 bits per heavy atom. The van der Waals surface area contributed by atoms with Gasteiger partial charge >= 0.3 is 0 Å². The molecule has 0 radical (unpaired) electrons. The molecule has 0 atom stereocenters. The largest absolute Gasteiger partial charge is 0.350 e. The van der Waals surface area contributed by atoms with E-state index in [1.165, 1.54) is 50.3 Å². The first-order valence-electron chi connectivity index (χ1n) is 9.57. The summed E-state index contributed by atoms with van der Waals surface area (Å²) >= 11 is 7.32. The molecule has 0 aliphatic heterocycles. The van der Waals surface area contributed by atoms with Crippen LogP contribution in [-0.2, 0) is 4.79 Å². The molecule has 142 valence electrons. The van der Waals surface area contributed by atoms with Crippen molar-refractivity contribution in [1.29, 1.82) is 0 Å². The lowest BCUT2D eigenvalue weighted by atomic mass is 9.53. The van der Waals surface area contributed by atoms with Gasteiger partial charge in [0.1, 0.15) is 0 Å². The maximum atomic E-state index is 12.7. The number of tetrazole rings is 1. The highest BCUT2D eigenvalue weighted by molar-refractivity contribution is 7.99. The molecule has 4 bridgehead atoms.